The lowest BCUT2D eigenvalue weighted by atomic mass is 10.2. The Kier molecular flexibility index (Phi) is 7.25. The molecule has 0 aliphatic carbocycles. The van der Waals surface area contributed by atoms with Crippen molar-refractivity contribution in [3.05, 3.63) is 94.5 Å². The normalized spacial score (nSPS) is 10.7. The zero-order valence-electron chi connectivity index (χ0n) is 16.0. The number of ether oxygens (including phenoxy) is 2. The first kappa shape index (κ1) is 20.4. The molecule has 0 atom stereocenters. The summed E-state index contributed by atoms with van der Waals surface area (Å²) in [6.07, 6.45) is 1.56. The van der Waals surface area contributed by atoms with Gasteiger partial charge >= 0.3 is 0 Å². The lowest BCUT2D eigenvalue weighted by molar-refractivity contribution is -0.123. The monoisotopic (exact) mass is 408 g/mol. The standard InChI is InChI=1S/C23H21ClN2O3/c1-17-4-2-6-21(12-17)29-16-23(27)26-25-14-19-5-3-7-22(13-19)28-15-18-8-10-20(24)11-9-18/h2-14H,15-16H2,1H3,(H,26,27). The van der Waals surface area contributed by atoms with E-state index in [1.165, 1.54) is 0 Å². The minimum Gasteiger partial charge on any atom is -0.489 e. The van der Waals surface area contributed by atoms with Gasteiger partial charge in [-0.2, -0.15) is 5.10 Å². The van der Waals surface area contributed by atoms with E-state index in [4.69, 9.17) is 21.1 Å². The molecule has 0 fully saturated rings. The molecule has 5 nitrogen and oxygen atoms in total. The van der Waals surface area contributed by atoms with Crippen LogP contribution in [0.2, 0.25) is 5.02 Å². The molecule has 0 bridgehead atoms. The highest BCUT2D eigenvalue weighted by molar-refractivity contribution is 6.30. The zero-order valence-corrected chi connectivity index (χ0v) is 16.7. The highest BCUT2D eigenvalue weighted by atomic mass is 35.5. The minimum absolute atomic E-state index is 0.106. The van der Waals surface area contributed by atoms with E-state index < -0.39 is 0 Å². The third kappa shape index (κ3) is 6.97. The second-order valence-electron chi connectivity index (χ2n) is 6.39. The van der Waals surface area contributed by atoms with Crippen molar-refractivity contribution in [2.75, 3.05) is 6.61 Å². The van der Waals surface area contributed by atoms with Gasteiger partial charge in [0.05, 0.1) is 6.21 Å². The van der Waals surface area contributed by atoms with E-state index in [-0.39, 0.29) is 12.5 Å². The maximum absolute atomic E-state index is 11.9. The van der Waals surface area contributed by atoms with E-state index in [0.29, 0.717) is 23.1 Å². The molecule has 6 heteroatoms. The highest BCUT2D eigenvalue weighted by Gasteiger charge is 2.02. The maximum Gasteiger partial charge on any atom is 0.277 e. The van der Waals surface area contributed by atoms with Crippen molar-refractivity contribution >= 4 is 23.7 Å². The van der Waals surface area contributed by atoms with E-state index >= 15 is 0 Å². The van der Waals surface area contributed by atoms with Gasteiger partial charge in [-0.3, -0.25) is 4.79 Å². The molecule has 0 unspecified atom stereocenters. The number of aryl methyl sites for hydroxylation is 1. The third-order valence-electron chi connectivity index (χ3n) is 3.94. The van der Waals surface area contributed by atoms with E-state index in [1.54, 1.807) is 12.3 Å². The van der Waals surface area contributed by atoms with Crippen LogP contribution in [-0.2, 0) is 11.4 Å². The van der Waals surface area contributed by atoms with E-state index in [2.05, 4.69) is 10.5 Å². The lowest BCUT2D eigenvalue weighted by Crippen LogP contribution is -2.24. The van der Waals surface area contributed by atoms with Gasteiger partial charge in [0.1, 0.15) is 18.1 Å². The Balaban J connectivity index is 1.46. The molecule has 3 aromatic carbocycles. The van der Waals surface area contributed by atoms with Gasteiger partial charge in [-0.1, -0.05) is 48.0 Å². The highest BCUT2D eigenvalue weighted by Crippen LogP contribution is 2.16. The number of hydrogen-bond acceptors (Lipinski definition) is 4. The molecule has 0 aromatic heterocycles. The van der Waals surface area contributed by atoms with Crippen molar-refractivity contribution in [1.82, 2.24) is 5.43 Å². The first-order valence-electron chi connectivity index (χ1n) is 9.07. The van der Waals surface area contributed by atoms with Crippen molar-refractivity contribution in [2.24, 2.45) is 5.10 Å². The van der Waals surface area contributed by atoms with Crippen molar-refractivity contribution in [2.45, 2.75) is 13.5 Å². The number of hydrogen-bond donors (Lipinski definition) is 1. The number of nitrogens with one attached hydrogen (secondary N) is 1. The second kappa shape index (κ2) is 10.3. The lowest BCUT2D eigenvalue weighted by Gasteiger charge is -2.07. The molecule has 0 heterocycles. The van der Waals surface area contributed by atoms with Gasteiger partial charge in [0, 0.05) is 5.02 Å². The van der Waals surface area contributed by atoms with Gasteiger partial charge < -0.3 is 9.47 Å². The number of halogens is 1. The molecule has 1 N–H and O–H groups in total. The molecular formula is C23H21ClN2O3. The van der Waals surface area contributed by atoms with Crippen LogP contribution in [0.4, 0.5) is 0 Å². The summed E-state index contributed by atoms with van der Waals surface area (Å²) in [5, 5.41) is 4.66. The Morgan fingerprint density at radius 3 is 2.48 bits per heavy atom. The Hall–Kier alpha value is -3.31. The number of amides is 1. The quantitative estimate of drug-likeness (QED) is 0.432. The van der Waals surface area contributed by atoms with Gasteiger partial charge in [-0.25, -0.2) is 5.43 Å². The number of benzene rings is 3. The molecule has 0 radical (unpaired) electrons. The Bertz CT molecular complexity index is 987. The number of carbonyl (C=O) groups is 1. The van der Waals surface area contributed by atoms with E-state index in [1.807, 2.05) is 73.7 Å². The first-order chi connectivity index (χ1) is 14.1. The van der Waals surface area contributed by atoms with Crippen LogP contribution in [-0.4, -0.2) is 18.7 Å². The van der Waals surface area contributed by atoms with Crippen LogP contribution in [0, 0.1) is 6.92 Å². The molecule has 1 amide bonds. The molecule has 0 aliphatic rings. The largest absolute Gasteiger partial charge is 0.489 e. The summed E-state index contributed by atoms with van der Waals surface area (Å²) < 4.78 is 11.2. The zero-order chi connectivity index (χ0) is 20.5. The van der Waals surface area contributed by atoms with Crippen LogP contribution < -0.4 is 14.9 Å². The summed E-state index contributed by atoms with van der Waals surface area (Å²) in [7, 11) is 0. The smallest absolute Gasteiger partial charge is 0.277 e. The van der Waals surface area contributed by atoms with Crippen molar-refractivity contribution < 1.29 is 14.3 Å². The predicted octanol–water partition coefficient (Wildman–Crippen LogP) is 4.76. The summed E-state index contributed by atoms with van der Waals surface area (Å²) in [5.41, 5.74) is 5.35. The fourth-order valence-corrected chi connectivity index (χ4v) is 2.62. The molecule has 0 saturated carbocycles. The van der Waals surface area contributed by atoms with Crippen LogP contribution in [0.25, 0.3) is 0 Å². The van der Waals surface area contributed by atoms with Crippen LogP contribution in [0.1, 0.15) is 16.7 Å². The van der Waals surface area contributed by atoms with Crippen molar-refractivity contribution in [1.29, 1.82) is 0 Å². The maximum atomic E-state index is 11.9. The van der Waals surface area contributed by atoms with Gasteiger partial charge in [0.2, 0.25) is 0 Å². The minimum atomic E-state index is -0.335. The van der Waals surface area contributed by atoms with Gasteiger partial charge in [-0.05, 0) is 60.0 Å². The molecule has 148 valence electrons. The second-order valence-corrected chi connectivity index (χ2v) is 6.82. The fraction of sp³-hybridized carbons (Fsp3) is 0.130. The summed E-state index contributed by atoms with van der Waals surface area (Å²) in [6, 6.07) is 22.4. The Labute approximate surface area is 174 Å². The topological polar surface area (TPSA) is 59.9 Å². The van der Waals surface area contributed by atoms with Crippen LogP contribution in [0.5, 0.6) is 11.5 Å². The van der Waals surface area contributed by atoms with Crippen LogP contribution >= 0.6 is 11.6 Å². The summed E-state index contributed by atoms with van der Waals surface area (Å²) in [4.78, 5) is 11.9. The van der Waals surface area contributed by atoms with Gasteiger partial charge in [-0.15, -0.1) is 0 Å². The van der Waals surface area contributed by atoms with Gasteiger partial charge in [0.15, 0.2) is 6.61 Å². The Morgan fingerprint density at radius 1 is 1.00 bits per heavy atom. The molecular weight excluding hydrogens is 388 g/mol. The average molecular weight is 409 g/mol. The number of rotatable bonds is 8. The molecule has 29 heavy (non-hydrogen) atoms. The summed E-state index contributed by atoms with van der Waals surface area (Å²) in [6.45, 7) is 2.29. The predicted molar refractivity (Wildman–Crippen MR) is 115 cm³/mol. The van der Waals surface area contributed by atoms with E-state index in [0.717, 1.165) is 16.7 Å². The number of hydrazone groups is 1. The SMILES string of the molecule is Cc1cccc(OCC(=O)NN=Cc2cccc(OCc3ccc(Cl)cc3)c2)c1. The van der Waals surface area contributed by atoms with Crippen molar-refractivity contribution in [3.8, 4) is 11.5 Å². The third-order valence-corrected chi connectivity index (χ3v) is 4.19. The fourth-order valence-electron chi connectivity index (χ4n) is 2.50. The number of carbonyl (C=O) groups excluding carboxylic acids is 1. The van der Waals surface area contributed by atoms with Crippen LogP contribution in [0.3, 0.4) is 0 Å². The molecule has 0 spiro atoms. The van der Waals surface area contributed by atoms with Crippen LogP contribution in [0.15, 0.2) is 77.9 Å². The molecule has 0 saturated heterocycles. The molecule has 3 rings (SSSR count). The summed E-state index contributed by atoms with van der Waals surface area (Å²) >= 11 is 5.88. The summed E-state index contributed by atoms with van der Waals surface area (Å²) in [5.74, 6) is 1.02. The molecule has 3 aromatic rings. The van der Waals surface area contributed by atoms with Gasteiger partial charge in [0.25, 0.3) is 5.91 Å². The average Bonchev–Trinajstić information content (AvgIpc) is 2.72. The van der Waals surface area contributed by atoms with Crippen molar-refractivity contribution in [3.63, 3.8) is 0 Å². The molecule has 0 aliphatic heterocycles. The Morgan fingerprint density at radius 2 is 1.72 bits per heavy atom. The van der Waals surface area contributed by atoms with E-state index in [9.17, 15) is 4.79 Å². The number of nitrogens with zero attached hydrogens (tertiary/aromatic N) is 1. The first-order valence-corrected chi connectivity index (χ1v) is 9.45.